The molecule has 2 aromatic rings. The molecule has 0 aromatic heterocycles. The van der Waals surface area contributed by atoms with Crippen LogP contribution in [0.1, 0.15) is 15.9 Å². The van der Waals surface area contributed by atoms with Gasteiger partial charge in [-0.05, 0) is 46.3 Å². The van der Waals surface area contributed by atoms with Gasteiger partial charge in [0.05, 0.1) is 5.56 Å². The molecule has 0 heterocycles. The minimum absolute atomic E-state index is 0.122. The Balaban J connectivity index is 2.37. The molecule has 108 valence electrons. The van der Waals surface area contributed by atoms with Gasteiger partial charge in [0, 0.05) is 27.2 Å². The number of halogens is 2. The fourth-order valence-corrected chi connectivity index (χ4v) is 2.73. The molecule has 0 bridgehead atoms. The van der Waals surface area contributed by atoms with Gasteiger partial charge < -0.3 is 10.6 Å². The van der Waals surface area contributed by atoms with Crippen LogP contribution < -0.4 is 10.6 Å². The predicted octanol–water partition coefficient (Wildman–Crippen LogP) is 4.12. The zero-order valence-electron chi connectivity index (χ0n) is 11.1. The molecule has 0 aliphatic carbocycles. The van der Waals surface area contributed by atoms with Crippen LogP contribution in [-0.4, -0.2) is 17.9 Å². The van der Waals surface area contributed by atoms with Crippen molar-refractivity contribution in [2.24, 2.45) is 5.73 Å². The van der Waals surface area contributed by atoms with E-state index in [2.05, 4.69) is 31.9 Å². The normalized spacial score (nSPS) is 10.2. The Kier molecular flexibility index (Phi) is 5.13. The number of carbonyl (C=O) groups excluding carboxylic acids is 1. The van der Waals surface area contributed by atoms with Crippen LogP contribution in [0.25, 0.3) is 0 Å². The van der Waals surface area contributed by atoms with Gasteiger partial charge in [0.15, 0.2) is 0 Å². The van der Waals surface area contributed by atoms with Crippen molar-refractivity contribution < 1.29 is 4.79 Å². The summed E-state index contributed by atoms with van der Waals surface area (Å²) in [4.78, 5) is 14.5. The first-order chi connectivity index (χ1) is 9.90. The lowest BCUT2D eigenvalue weighted by Gasteiger charge is -2.19. The average Bonchev–Trinajstić information content (AvgIpc) is 2.48. The lowest BCUT2D eigenvalue weighted by atomic mass is 10.1. The van der Waals surface area contributed by atoms with E-state index in [1.165, 1.54) is 0 Å². The van der Waals surface area contributed by atoms with Crippen molar-refractivity contribution in [2.45, 2.75) is 0 Å². The number of amides is 1. The van der Waals surface area contributed by atoms with E-state index >= 15 is 0 Å². The van der Waals surface area contributed by atoms with Crippen molar-refractivity contribution in [3.63, 3.8) is 0 Å². The van der Waals surface area contributed by atoms with Gasteiger partial charge in [0.1, 0.15) is 4.99 Å². The number of carbonyl (C=O) groups is 1. The highest BCUT2D eigenvalue weighted by molar-refractivity contribution is 9.11. The Hall–Kier alpha value is -1.24. The summed E-state index contributed by atoms with van der Waals surface area (Å²) in [7, 11) is 1.72. The highest BCUT2D eigenvalue weighted by Gasteiger charge is 2.17. The lowest BCUT2D eigenvalue weighted by Crippen LogP contribution is -2.27. The number of thiocarbonyl (C=S) groups is 1. The number of anilines is 1. The maximum absolute atomic E-state index is 12.6. The first kappa shape index (κ1) is 16.1. The number of hydrogen-bond donors (Lipinski definition) is 1. The molecule has 1 amide bonds. The summed E-state index contributed by atoms with van der Waals surface area (Å²) >= 11 is 11.7. The molecule has 2 rings (SSSR count). The Morgan fingerprint density at radius 3 is 2.57 bits per heavy atom. The zero-order chi connectivity index (χ0) is 15.6. The summed E-state index contributed by atoms with van der Waals surface area (Å²) in [6.45, 7) is 0. The topological polar surface area (TPSA) is 46.3 Å². The molecule has 21 heavy (non-hydrogen) atoms. The van der Waals surface area contributed by atoms with Gasteiger partial charge in [-0.3, -0.25) is 4.79 Å². The summed E-state index contributed by atoms with van der Waals surface area (Å²) in [5.74, 6) is -0.122. The van der Waals surface area contributed by atoms with E-state index in [0.717, 1.165) is 20.2 Å². The third-order valence-corrected chi connectivity index (χ3v) is 4.40. The van der Waals surface area contributed by atoms with Crippen LogP contribution in [0.5, 0.6) is 0 Å². The quantitative estimate of drug-likeness (QED) is 0.749. The Bertz CT molecular complexity index is 719. The second-order valence-corrected chi connectivity index (χ2v) is 6.61. The Morgan fingerprint density at radius 1 is 1.19 bits per heavy atom. The van der Waals surface area contributed by atoms with Gasteiger partial charge >= 0.3 is 0 Å². The molecular formula is C15H12Br2N2OS. The molecule has 0 unspecified atom stereocenters. The standard InChI is InChI=1S/C15H12Br2N2OS/c1-19(11-4-2-3-9(7-11)14(18)21)15(20)12-8-10(16)5-6-13(12)17/h2-8H,1H3,(H2,18,21). The third kappa shape index (κ3) is 3.70. The summed E-state index contributed by atoms with van der Waals surface area (Å²) in [6, 6.07) is 12.8. The van der Waals surface area contributed by atoms with Crippen molar-refractivity contribution >= 4 is 60.7 Å². The van der Waals surface area contributed by atoms with E-state index in [-0.39, 0.29) is 5.91 Å². The largest absolute Gasteiger partial charge is 0.389 e. The summed E-state index contributed by atoms with van der Waals surface area (Å²) in [6.07, 6.45) is 0. The monoisotopic (exact) mass is 426 g/mol. The van der Waals surface area contributed by atoms with E-state index in [1.807, 2.05) is 30.3 Å². The number of hydrogen-bond acceptors (Lipinski definition) is 2. The lowest BCUT2D eigenvalue weighted by molar-refractivity contribution is 0.0992. The molecule has 0 saturated heterocycles. The van der Waals surface area contributed by atoms with Crippen molar-refractivity contribution in [2.75, 3.05) is 11.9 Å². The fourth-order valence-electron chi connectivity index (χ4n) is 1.83. The van der Waals surface area contributed by atoms with E-state index in [4.69, 9.17) is 18.0 Å². The molecule has 3 nitrogen and oxygen atoms in total. The van der Waals surface area contributed by atoms with Crippen LogP contribution in [0.3, 0.4) is 0 Å². The van der Waals surface area contributed by atoms with Gasteiger partial charge in [-0.1, -0.05) is 40.3 Å². The number of benzene rings is 2. The summed E-state index contributed by atoms with van der Waals surface area (Å²) in [5.41, 5.74) is 7.67. The first-order valence-electron chi connectivity index (χ1n) is 6.03. The highest BCUT2D eigenvalue weighted by atomic mass is 79.9. The molecule has 0 saturated carbocycles. The van der Waals surface area contributed by atoms with Gasteiger partial charge in [-0.15, -0.1) is 0 Å². The number of nitrogens with two attached hydrogens (primary N) is 1. The molecule has 0 spiro atoms. The average molecular weight is 428 g/mol. The van der Waals surface area contributed by atoms with Gasteiger partial charge in [-0.2, -0.15) is 0 Å². The molecule has 2 N–H and O–H groups in total. The van der Waals surface area contributed by atoms with E-state index in [1.54, 1.807) is 24.1 Å². The second kappa shape index (κ2) is 6.68. The Labute approximate surface area is 145 Å². The molecule has 0 atom stereocenters. The fraction of sp³-hybridized carbons (Fsp3) is 0.0667. The van der Waals surface area contributed by atoms with Gasteiger partial charge in [-0.25, -0.2) is 0 Å². The SMILES string of the molecule is CN(C(=O)c1cc(Br)ccc1Br)c1cccc(C(N)=S)c1. The summed E-state index contributed by atoms with van der Waals surface area (Å²) < 4.78 is 1.59. The maximum Gasteiger partial charge on any atom is 0.259 e. The molecule has 0 radical (unpaired) electrons. The van der Waals surface area contributed by atoms with E-state index in [9.17, 15) is 4.79 Å². The molecule has 2 aromatic carbocycles. The molecule has 0 fully saturated rings. The van der Waals surface area contributed by atoms with Crippen molar-refractivity contribution in [3.8, 4) is 0 Å². The van der Waals surface area contributed by atoms with Crippen molar-refractivity contribution in [1.29, 1.82) is 0 Å². The van der Waals surface area contributed by atoms with Crippen molar-refractivity contribution in [3.05, 3.63) is 62.5 Å². The molecule has 6 heteroatoms. The highest BCUT2D eigenvalue weighted by Crippen LogP contribution is 2.25. The summed E-state index contributed by atoms with van der Waals surface area (Å²) in [5, 5.41) is 0. The van der Waals surface area contributed by atoms with Gasteiger partial charge in [0.2, 0.25) is 0 Å². The minimum atomic E-state index is -0.122. The second-order valence-electron chi connectivity index (χ2n) is 4.40. The first-order valence-corrected chi connectivity index (χ1v) is 8.02. The van der Waals surface area contributed by atoms with Crippen LogP contribution in [0.4, 0.5) is 5.69 Å². The van der Waals surface area contributed by atoms with E-state index < -0.39 is 0 Å². The molecular weight excluding hydrogens is 416 g/mol. The predicted molar refractivity (Wildman–Crippen MR) is 96.9 cm³/mol. The van der Waals surface area contributed by atoms with Crippen molar-refractivity contribution in [1.82, 2.24) is 0 Å². The number of rotatable bonds is 3. The molecule has 0 aliphatic rings. The van der Waals surface area contributed by atoms with Crippen LogP contribution in [0.2, 0.25) is 0 Å². The Morgan fingerprint density at radius 2 is 1.90 bits per heavy atom. The maximum atomic E-state index is 12.6. The van der Waals surface area contributed by atoms with Crippen LogP contribution in [0, 0.1) is 0 Å². The third-order valence-electron chi connectivity index (χ3n) is 2.98. The molecule has 0 aliphatic heterocycles. The van der Waals surface area contributed by atoms with Crippen LogP contribution in [0.15, 0.2) is 51.4 Å². The smallest absolute Gasteiger partial charge is 0.259 e. The van der Waals surface area contributed by atoms with Crippen LogP contribution >= 0.6 is 44.1 Å². The zero-order valence-corrected chi connectivity index (χ0v) is 15.1. The minimum Gasteiger partial charge on any atom is -0.389 e. The van der Waals surface area contributed by atoms with Gasteiger partial charge in [0.25, 0.3) is 5.91 Å². The van der Waals surface area contributed by atoms with E-state index in [0.29, 0.717) is 10.6 Å². The number of nitrogens with zero attached hydrogens (tertiary/aromatic N) is 1. The van der Waals surface area contributed by atoms with Crippen LogP contribution in [-0.2, 0) is 0 Å².